The topological polar surface area (TPSA) is 118 Å². The van der Waals surface area contributed by atoms with Gasteiger partial charge in [0.2, 0.25) is 5.82 Å². The molecule has 1 N–H and O–H groups in total. The van der Waals surface area contributed by atoms with Crippen LogP contribution in [0.2, 0.25) is 5.02 Å². The Morgan fingerprint density at radius 3 is 2.50 bits per heavy atom. The first-order chi connectivity index (χ1) is 19.8. The van der Waals surface area contributed by atoms with Crippen LogP contribution in [0.1, 0.15) is 59.3 Å². The lowest BCUT2D eigenvalue weighted by atomic mass is 9.96. The van der Waals surface area contributed by atoms with Gasteiger partial charge >= 0.3 is 6.09 Å². The van der Waals surface area contributed by atoms with Gasteiger partial charge in [0.1, 0.15) is 28.2 Å². The molecule has 0 aliphatic carbocycles. The van der Waals surface area contributed by atoms with Crippen LogP contribution in [0.5, 0.6) is 5.75 Å². The number of ether oxygens (including phenoxy) is 4. The molecular weight excluding hydrogens is 562 g/mol. The van der Waals surface area contributed by atoms with Gasteiger partial charge in [0.05, 0.1) is 24.8 Å². The van der Waals surface area contributed by atoms with Crippen molar-refractivity contribution in [1.82, 2.24) is 15.5 Å². The minimum atomic E-state index is -1.10. The molecule has 0 bridgehead atoms. The van der Waals surface area contributed by atoms with Crippen LogP contribution in [0.25, 0.3) is 33.8 Å². The molecule has 0 radical (unpaired) electrons. The number of furan rings is 1. The third kappa shape index (κ3) is 6.40. The first-order valence-corrected chi connectivity index (χ1v) is 14.3. The molecule has 11 heteroatoms. The van der Waals surface area contributed by atoms with Crippen LogP contribution in [0.3, 0.4) is 0 Å². The van der Waals surface area contributed by atoms with Gasteiger partial charge in [0, 0.05) is 16.5 Å². The zero-order valence-corrected chi connectivity index (χ0v) is 25.7. The zero-order valence-electron chi connectivity index (χ0n) is 24.9. The Hall–Kier alpha value is -3.60. The number of nitrogens with zero attached hydrogens (tertiary/aromatic N) is 2. The number of aryl methyl sites for hydroxylation is 1. The molecule has 0 saturated carbocycles. The van der Waals surface area contributed by atoms with E-state index in [1.54, 1.807) is 26.8 Å². The smallest absolute Gasteiger partial charge is 0.408 e. The van der Waals surface area contributed by atoms with E-state index in [-0.39, 0.29) is 13.2 Å². The monoisotopic (exact) mass is 597 g/mol. The summed E-state index contributed by atoms with van der Waals surface area (Å²) >= 11 is 6.49. The van der Waals surface area contributed by atoms with Crippen LogP contribution in [0, 0.1) is 6.92 Å². The highest BCUT2D eigenvalue weighted by atomic mass is 35.5. The van der Waals surface area contributed by atoms with Crippen molar-refractivity contribution in [1.29, 1.82) is 0 Å². The highest BCUT2D eigenvalue weighted by Crippen LogP contribution is 2.37. The van der Waals surface area contributed by atoms with Crippen molar-refractivity contribution in [3.63, 3.8) is 0 Å². The zero-order chi connectivity index (χ0) is 30.3. The van der Waals surface area contributed by atoms with E-state index in [1.165, 1.54) is 0 Å². The van der Waals surface area contributed by atoms with Crippen molar-refractivity contribution >= 4 is 28.7 Å². The molecule has 224 valence electrons. The Balaban J connectivity index is 1.43. The summed E-state index contributed by atoms with van der Waals surface area (Å²) in [6, 6.07) is 11.1. The van der Waals surface area contributed by atoms with Gasteiger partial charge in [0.15, 0.2) is 5.79 Å². The van der Waals surface area contributed by atoms with Crippen LogP contribution < -0.4 is 10.1 Å². The number of hydrogen-bond donors (Lipinski definition) is 1. The maximum Gasteiger partial charge on any atom is 0.408 e. The number of halogens is 1. The van der Waals surface area contributed by atoms with Crippen LogP contribution in [0.15, 0.2) is 45.3 Å². The molecule has 0 atom stereocenters. The average molecular weight is 598 g/mol. The molecule has 5 rings (SSSR count). The predicted molar refractivity (Wildman–Crippen MR) is 158 cm³/mol. The van der Waals surface area contributed by atoms with Crippen molar-refractivity contribution in [3.05, 3.63) is 52.7 Å². The van der Waals surface area contributed by atoms with Gasteiger partial charge in [-0.2, -0.15) is 4.98 Å². The fraction of sp³-hybridized carbons (Fsp3) is 0.452. The minimum Gasteiger partial charge on any atom is -0.492 e. The fourth-order valence-electron chi connectivity index (χ4n) is 4.57. The number of carbonyl (C=O) groups excluding carboxylic acids is 1. The van der Waals surface area contributed by atoms with Crippen molar-refractivity contribution in [2.75, 3.05) is 19.8 Å². The van der Waals surface area contributed by atoms with Crippen LogP contribution >= 0.6 is 11.6 Å². The summed E-state index contributed by atoms with van der Waals surface area (Å²) in [6.07, 6.45) is 0.281. The summed E-state index contributed by atoms with van der Waals surface area (Å²) < 4.78 is 35.0. The second-order valence-electron chi connectivity index (χ2n) is 11.9. The Labute approximate surface area is 249 Å². The second-order valence-corrected chi connectivity index (χ2v) is 12.3. The first kappa shape index (κ1) is 29.9. The summed E-state index contributed by atoms with van der Waals surface area (Å²) in [5.41, 5.74) is 1.13. The molecule has 1 aliphatic heterocycles. The standard InChI is InChI=1S/C31H36ClN3O7/c1-8-11-37-25-18(2)12-21(14-22(25)32)27-33-26(35-42-27)19-9-10-23-20(13-19)15-24(40-23)31(16-38-30(6,7)39-17-31)34-28(36)41-29(3,4)5/h9-10,12-15H,8,11,16-17H2,1-7H3,(H,34,36). The molecular formula is C31H36ClN3O7. The molecule has 1 fully saturated rings. The first-order valence-electron chi connectivity index (χ1n) is 13.9. The van der Waals surface area contributed by atoms with Crippen molar-refractivity contribution in [2.24, 2.45) is 0 Å². The molecule has 0 unspecified atom stereocenters. The number of aromatic nitrogens is 2. The SMILES string of the molecule is CCCOc1c(C)cc(-c2nc(-c3ccc4oc(C5(NC(=O)OC(C)(C)C)COC(C)(C)OC5)cc4c3)no2)cc1Cl. The number of alkyl carbamates (subject to hydrolysis) is 1. The van der Waals surface area contributed by atoms with Crippen LogP contribution in [-0.4, -0.2) is 47.4 Å². The molecule has 42 heavy (non-hydrogen) atoms. The predicted octanol–water partition coefficient (Wildman–Crippen LogP) is 7.40. The summed E-state index contributed by atoms with van der Waals surface area (Å²) in [5, 5.41) is 8.39. The number of benzene rings is 2. The quantitative estimate of drug-likeness (QED) is 0.232. The summed E-state index contributed by atoms with van der Waals surface area (Å²) in [6.45, 7) is 13.8. The van der Waals surface area contributed by atoms with Gasteiger partial charge in [-0.15, -0.1) is 0 Å². The Kier molecular flexibility index (Phi) is 8.00. The van der Waals surface area contributed by atoms with E-state index in [9.17, 15) is 4.79 Å². The average Bonchev–Trinajstić information content (AvgIpc) is 3.56. The van der Waals surface area contributed by atoms with Crippen molar-refractivity contribution < 1.29 is 32.7 Å². The molecule has 10 nitrogen and oxygen atoms in total. The third-order valence-electron chi connectivity index (χ3n) is 6.67. The van der Waals surface area contributed by atoms with Gasteiger partial charge < -0.3 is 33.2 Å². The van der Waals surface area contributed by atoms with Crippen molar-refractivity contribution in [2.45, 2.75) is 71.8 Å². The fourth-order valence-corrected chi connectivity index (χ4v) is 4.89. The van der Waals surface area contributed by atoms with Crippen LogP contribution in [-0.2, 0) is 19.7 Å². The lowest BCUT2D eigenvalue weighted by molar-refractivity contribution is -0.274. The number of fused-ring (bicyclic) bond motifs is 1. The number of hydrogen-bond acceptors (Lipinski definition) is 9. The van der Waals surface area contributed by atoms with Gasteiger partial charge in [-0.3, -0.25) is 0 Å². The minimum absolute atomic E-state index is 0.129. The normalized spacial score (nSPS) is 16.4. The highest BCUT2D eigenvalue weighted by Gasteiger charge is 2.46. The van der Waals surface area contributed by atoms with Crippen LogP contribution in [0.4, 0.5) is 4.79 Å². The van der Waals surface area contributed by atoms with E-state index in [0.717, 1.165) is 22.9 Å². The Morgan fingerprint density at radius 1 is 1.10 bits per heavy atom. The van der Waals surface area contributed by atoms with Gasteiger partial charge in [0.25, 0.3) is 5.89 Å². The molecule has 2 aromatic carbocycles. The molecule has 1 saturated heterocycles. The molecule has 0 spiro atoms. The Bertz CT molecular complexity index is 1570. The van der Waals surface area contributed by atoms with Gasteiger partial charge in [-0.1, -0.05) is 23.7 Å². The summed E-state index contributed by atoms with van der Waals surface area (Å²) in [5.74, 6) is 1.06. The lowest BCUT2D eigenvalue weighted by Gasteiger charge is -2.42. The molecule has 2 aromatic heterocycles. The number of rotatable bonds is 7. The van der Waals surface area contributed by atoms with E-state index in [1.807, 2.05) is 58.0 Å². The maximum atomic E-state index is 12.8. The molecule has 3 heterocycles. The van der Waals surface area contributed by atoms with E-state index in [4.69, 9.17) is 39.5 Å². The number of carbonyl (C=O) groups is 1. The van der Waals surface area contributed by atoms with E-state index >= 15 is 0 Å². The van der Waals surface area contributed by atoms with E-state index in [0.29, 0.717) is 46.0 Å². The maximum absolute atomic E-state index is 12.8. The second kappa shape index (κ2) is 11.2. The Morgan fingerprint density at radius 2 is 1.83 bits per heavy atom. The largest absolute Gasteiger partial charge is 0.492 e. The van der Waals surface area contributed by atoms with E-state index in [2.05, 4.69) is 15.5 Å². The van der Waals surface area contributed by atoms with Gasteiger partial charge in [-0.25, -0.2) is 4.79 Å². The highest BCUT2D eigenvalue weighted by molar-refractivity contribution is 6.32. The van der Waals surface area contributed by atoms with Crippen molar-refractivity contribution in [3.8, 4) is 28.6 Å². The summed E-state index contributed by atoms with van der Waals surface area (Å²) in [4.78, 5) is 17.4. The third-order valence-corrected chi connectivity index (χ3v) is 6.95. The lowest BCUT2D eigenvalue weighted by Crippen LogP contribution is -2.59. The van der Waals surface area contributed by atoms with Gasteiger partial charge in [-0.05, 0) is 89.9 Å². The number of amides is 1. The van der Waals surface area contributed by atoms with E-state index < -0.39 is 23.0 Å². The molecule has 4 aromatic rings. The molecule has 1 amide bonds. The summed E-state index contributed by atoms with van der Waals surface area (Å²) in [7, 11) is 0. The number of nitrogens with one attached hydrogen (secondary N) is 1. The molecule has 1 aliphatic rings.